The molecule has 0 amide bonds. The van der Waals surface area contributed by atoms with E-state index >= 15 is 0 Å². The van der Waals surface area contributed by atoms with Crippen molar-refractivity contribution in [3.8, 4) is 0 Å². The summed E-state index contributed by atoms with van der Waals surface area (Å²) in [6.07, 6.45) is 10.9. The second-order valence-electron chi connectivity index (χ2n) is 4.77. The summed E-state index contributed by atoms with van der Waals surface area (Å²) in [6, 6.07) is 0. The molecule has 0 unspecified atom stereocenters. The van der Waals surface area contributed by atoms with Crippen LogP contribution in [0.5, 0.6) is 0 Å². The normalized spacial score (nSPS) is 25.1. The smallest absolute Gasteiger partial charge is 0.0190 e. The molecule has 0 aliphatic carbocycles. The fourth-order valence-corrected chi connectivity index (χ4v) is 2.02. The van der Waals surface area contributed by atoms with E-state index < -0.39 is 0 Å². The fourth-order valence-electron chi connectivity index (χ4n) is 2.02. The van der Waals surface area contributed by atoms with Crippen LogP contribution in [0.4, 0.5) is 0 Å². The lowest BCUT2D eigenvalue weighted by Crippen LogP contribution is -2.52. The summed E-state index contributed by atoms with van der Waals surface area (Å²) in [6.45, 7) is 2.18. The van der Waals surface area contributed by atoms with Gasteiger partial charge < -0.3 is 0 Å². The van der Waals surface area contributed by atoms with Crippen LogP contribution in [0, 0.1) is 0 Å². The Morgan fingerprint density at radius 3 is 2.00 bits per heavy atom. The summed E-state index contributed by atoms with van der Waals surface area (Å²) >= 11 is 0. The molecule has 0 radical (unpaired) electrons. The van der Waals surface area contributed by atoms with Gasteiger partial charge in [0.25, 0.3) is 0 Å². The zero-order valence-corrected chi connectivity index (χ0v) is 11.0. The predicted octanol–water partition coefficient (Wildman–Crippen LogP) is 1.91. The average molecular weight is 228 g/mol. The first-order valence-corrected chi connectivity index (χ1v) is 6.74. The number of nitrogens with one attached hydrogen (secondary N) is 2. The molecule has 0 bridgehead atoms. The second kappa shape index (κ2) is 8.93. The minimum Gasteiger partial charge on any atom is -0.243 e. The van der Waals surface area contributed by atoms with Crippen LogP contribution in [0.1, 0.15) is 51.4 Å². The van der Waals surface area contributed by atoms with Crippen molar-refractivity contribution in [2.45, 2.75) is 51.4 Å². The van der Waals surface area contributed by atoms with Crippen LogP contribution in [-0.4, -0.2) is 37.3 Å². The molecule has 0 aromatic rings. The summed E-state index contributed by atoms with van der Waals surface area (Å²) in [5.41, 5.74) is 6.45. The highest BCUT2D eigenvalue weighted by Gasteiger charge is 2.04. The van der Waals surface area contributed by atoms with E-state index in [9.17, 15) is 0 Å². The van der Waals surface area contributed by atoms with Gasteiger partial charge >= 0.3 is 0 Å². The van der Waals surface area contributed by atoms with Crippen molar-refractivity contribution in [2.24, 2.45) is 0 Å². The Balaban J connectivity index is 2.21. The minimum absolute atomic E-state index is 1.05. The van der Waals surface area contributed by atoms with Crippen LogP contribution in [0.2, 0.25) is 0 Å². The second-order valence-corrected chi connectivity index (χ2v) is 4.77. The summed E-state index contributed by atoms with van der Waals surface area (Å²) in [5, 5.41) is 4.25. The summed E-state index contributed by atoms with van der Waals surface area (Å²) < 4.78 is 0. The predicted molar refractivity (Wildman–Crippen MR) is 68.5 cm³/mol. The first-order chi connectivity index (χ1) is 7.80. The molecule has 0 saturated carbocycles. The third-order valence-corrected chi connectivity index (χ3v) is 3.29. The van der Waals surface area contributed by atoms with Crippen molar-refractivity contribution in [2.75, 3.05) is 27.2 Å². The molecule has 4 heteroatoms. The molecule has 1 aliphatic heterocycles. The number of hydrogen-bond acceptors (Lipinski definition) is 4. The molecular formula is C12H28N4. The summed E-state index contributed by atoms with van der Waals surface area (Å²) in [7, 11) is 4.18. The lowest BCUT2D eigenvalue weighted by molar-refractivity contribution is -0.0405. The van der Waals surface area contributed by atoms with Crippen LogP contribution < -0.4 is 11.0 Å². The van der Waals surface area contributed by atoms with E-state index in [1.807, 2.05) is 5.12 Å². The van der Waals surface area contributed by atoms with Gasteiger partial charge in [0.1, 0.15) is 0 Å². The summed E-state index contributed by atoms with van der Waals surface area (Å²) in [5.74, 6) is 0. The van der Waals surface area contributed by atoms with E-state index in [1.54, 1.807) is 0 Å². The fraction of sp³-hybridized carbons (Fsp3) is 1.00. The van der Waals surface area contributed by atoms with Crippen molar-refractivity contribution in [3.63, 3.8) is 0 Å². The van der Waals surface area contributed by atoms with Gasteiger partial charge in [-0.25, -0.2) is 10.4 Å². The largest absolute Gasteiger partial charge is 0.243 e. The van der Waals surface area contributed by atoms with Gasteiger partial charge in [0.15, 0.2) is 0 Å². The Labute approximate surface area is 100 Å². The number of hydrazine groups is 3. The molecule has 96 valence electrons. The highest BCUT2D eigenvalue weighted by molar-refractivity contribution is 4.51. The molecule has 0 aromatic carbocycles. The van der Waals surface area contributed by atoms with Gasteiger partial charge in [0.05, 0.1) is 0 Å². The van der Waals surface area contributed by atoms with Crippen LogP contribution in [-0.2, 0) is 0 Å². The molecule has 4 nitrogen and oxygen atoms in total. The zero-order valence-electron chi connectivity index (χ0n) is 11.0. The quantitative estimate of drug-likeness (QED) is 0.663. The monoisotopic (exact) mass is 228 g/mol. The first-order valence-electron chi connectivity index (χ1n) is 6.74. The summed E-state index contributed by atoms with van der Waals surface area (Å²) in [4.78, 5) is 0. The van der Waals surface area contributed by atoms with Crippen LogP contribution in [0.25, 0.3) is 0 Å². The molecule has 1 rings (SSSR count). The SMILES string of the molecule is CN1CCCCCCCCCCNNN1C. The number of nitrogens with zero attached hydrogens (tertiary/aromatic N) is 2. The first kappa shape index (κ1) is 13.9. The molecule has 1 saturated heterocycles. The van der Waals surface area contributed by atoms with Crippen molar-refractivity contribution in [1.29, 1.82) is 0 Å². The minimum atomic E-state index is 1.05. The molecule has 1 heterocycles. The van der Waals surface area contributed by atoms with Crippen molar-refractivity contribution >= 4 is 0 Å². The van der Waals surface area contributed by atoms with Gasteiger partial charge in [0, 0.05) is 27.2 Å². The maximum absolute atomic E-state index is 3.25. The Bertz CT molecular complexity index is 145. The van der Waals surface area contributed by atoms with Gasteiger partial charge in [0.2, 0.25) is 0 Å². The van der Waals surface area contributed by atoms with E-state index in [2.05, 4.69) is 30.1 Å². The third kappa shape index (κ3) is 6.43. The van der Waals surface area contributed by atoms with E-state index in [1.165, 1.54) is 51.4 Å². The maximum atomic E-state index is 3.25. The van der Waals surface area contributed by atoms with Gasteiger partial charge in [-0.05, 0) is 12.8 Å². The molecule has 1 fully saturated rings. The van der Waals surface area contributed by atoms with Crippen LogP contribution >= 0.6 is 0 Å². The van der Waals surface area contributed by atoms with E-state index in [0.717, 1.165) is 13.1 Å². The molecule has 16 heavy (non-hydrogen) atoms. The standard InChI is InChI=1S/C12H28N4/c1-15-12-10-8-6-4-3-5-7-9-11-13-14-16(15)2/h13-14H,3-12H2,1-2H3. The van der Waals surface area contributed by atoms with Crippen LogP contribution in [0.3, 0.4) is 0 Å². The Morgan fingerprint density at radius 1 is 0.750 bits per heavy atom. The van der Waals surface area contributed by atoms with Gasteiger partial charge in [-0.15, -0.1) is 0 Å². The van der Waals surface area contributed by atoms with E-state index in [0.29, 0.717) is 0 Å². The molecule has 1 aliphatic rings. The maximum Gasteiger partial charge on any atom is 0.0190 e. The van der Waals surface area contributed by atoms with Crippen molar-refractivity contribution in [1.82, 2.24) is 21.1 Å². The Hall–Kier alpha value is -0.160. The van der Waals surface area contributed by atoms with Gasteiger partial charge in [-0.3, -0.25) is 0 Å². The average Bonchev–Trinajstić information content (AvgIpc) is 2.29. The molecular weight excluding hydrogens is 200 g/mol. The van der Waals surface area contributed by atoms with E-state index in [4.69, 9.17) is 0 Å². The zero-order chi connectivity index (χ0) is 11.6. The molecule has 0 spiro atoms. The topological polar surface area (TPSA) is 30.5 Å². The van der Waals surface area contributed by atoms with Crippen LogP contribution in [0.15, 0.2) is 0 Å². The number of hydrogen-bond donors (Lipinski definition) is 2. The lowest BCUT2D eigenvalue weighted by atomic mass is 10.1. The molecule has 0 aromatic heterocycles. The Kier molecular flexibility index (Phi) is 7.76. The van der Waals surface area contributed by atoms with Crippen molar-refractivity contribution < 1.29 is 0 Å². The van der Waals surface area contributed by atoms with Crippen molar-refractivity contribution in [3.05, 3.63) is 0 Å². The lowest BCUT2D eigenvalue weighted by Gasteiger charge is -2.28. The highest BCUT2D eigenvalue weighted by atomic mass is 15.9. The third-order valence-electron chi connectivity index (χ3n) is 3.29. The molecule has 2 N–H and O–H groups in total. The Morgan fingerprint density at radius 2 is 1.31 bits per heavy atom. The van der Waals surface area contributed by atoms with Gasteiger partial charge in [-0.2, -0.15) is 10.7 Å². The number of rotatable bonds is 0. The highest BCUT2D eigenvalue weighted by Crippen LogP contribution is 2.09. The van der Waals surface area contributed by atoms with E-state index in [-0.39, 0.29) is 0 Å². The molecule has 0 atom stereocenters. The van der Waals surface area contributed by atoms with Gasteiger partial charge in [-0.1, -0.05) is 38.5 Å².